The van der Waals surface area contributed by atoms with Crippen molar-refractivity contribution in [3.63, 3.8) is 0 Å². The topological polar surface area (TPSA) is 26.3 Å². The zero-order chi connectivity index (χ0) is 8.97. The van der Waals surface area contributed by atoms with Crippen LogP contribution in [0.5, 0.6) is 5.75 Å². The Morgan fingerprint density at radius 3 is 2.92 bits per heavy atom. The first-order valence-electron chi connectivity index (χ1n) is 3.53. The number of ether oxygens (including phenoxy) is 1. The van der Waals surface area contributed by atoms with Crippen LogP contribution in [0.1, 0.15) is 5.56 Å². The Labute approximate surface area is 79.7 Å². The van der Waals surface area contributed by atoms with E-state index in [9.17, 15) is 4.79 Å². The first-order valence-corrected chi connectivity index (χ1v) is 4.33. The molecule has 0 saturated carbocycles. The number of rotatable bonds is 3. The normalized spacial score (nSPS) is 9.50. The van der Waals surface area contributed by atoms with E-state index in [0.29, 0.717) is 6.42 Å². The molecule has 12 heavy (non-hydrogen) atoms. The van der Waals surface area contributed by atoms with Gasteiger partial charge in [-0.05, 0) is 33.6 Å². The third kappa shape index (κ3) is 2.66. The molecule has 0 aliphatic heterocycles. The van der Waals surface area contributed by atoms with Crippen molar-refractivity contribution in [2.24, 2.45) is 0 Å². The Kier molecular flexibility index (Phi) is 3.29. The van der Waals surface area contributed by atoms with Crippen molar-refractivity contribution < 1.29 is 9.53 Å². The lowest BCUT2D eigenvalue weighted by Crippen LogP contribution is -1.93. The minimum Gasteiger partial charge on any atom is -0.497 e. The highest BCUT2D eigenvalue weighted by atomic mass is 79.9. The summed E-state index contributed by atoms with van der Waals surface area (Å²) in [4.78, 5) is 10.7. The summed E-state index contributed by atoms with van der Waals surface area (Å²) in [5.74, 6) is 0.779. The summed E-state index contributed by atoms with van der Waals surface area (Å²) in [6.45, 7) is 0. The van der Waals surface area contributed by atoms with E-state index >= 15 is 0 Å². The molecular weight excluding hydrogens is 220 g/mol. The lowest BCUT2D eigenvalue weighted by molar-refractivity contribution is -0.109. The van der Waals surface area contributed by atoms with Crippen molar-refractivity contribution in [2.45, 2.75) is 6.42 Å². The van der Waals surface area contributed by atoms with Crippen molar-refractivity contribution >= 4 is 20.6 Å². The minimum absolute atomic E-state index is 0.0178. The Balaban J connectivity index is 2.79. The first-order chi connectivity index (χ1) is 5.72. The number of methoxy groups -OCH3 is 1. The van der Waals surface area contributed by atoms with Gasteiger partial charge in [-0.1, -0.05) is 12.1 Å². The van der Waals surface area contributed by atoms with Crippen LogP contribution in [0.4, 0.5) is 0 Å². The van der Waals surface area contributed by atoms with Crippen molar-refractivity contribution in [1.29, 1.82) is 0 Å². The van der Waals surface area contributed by atoms with Crippen LogP contribution in [-0.4, -0.2) is 11.8 Å². The monoisotopic (exact) mass is 228 g/mol. The van der Waals surface area contributed by atoms with E-state index < -0.39 is 0 Å². The maximum Gasteiger partial charge on any atom is 0.202 e. The molecule has 64 valence electrons. The fourth-order valence-electron chi connectivity index (χ4n) is 0.943. The van der Waals surface area contributed by atoms with Crippen LogP contribution >= 0.6 is 15.9 Å². The second-order valence-corrected chi connectivity index (χ2v) is 3.27. The number of carbonyl (C=O) groups is 1. The molecular formula is C9H9BrO2. The molecule has 1 aromatic carbocycles. The lowest BCUT2D eigenvalue weighted by Gasteiger charge is -2.01. The average Bonchev–Trinajstić information content (AvgIpc) is 2.03. The molecule has 0 aromatic heterocycles. The second kappa shape index (κ2) is 4.26. The van der Waals surface area contributed by atoms with Gasteiger partial charge in [-0.2, -0.15) is 0 Å². The van der Waals surface area contributed by atoms with E-state index in [0.717, 1.165) is 11.3 Å². The molecule has 0 amide bonds. The van der Waals surface area contributed by atoms with E-state index in [-0.39, 0.29) is 4.69 Å². The van der Waals surface area contributed by atoms with Crippen LogP contribution in [0, 0.1) is 0 Å². The zero-order valence-corrected chi connectivity index (χ0v) is 8.30. The van der Waals surface area contributed by atoms with Crippen LogP contribution in [0.2, 0.25) is 0 Å². The highest BCUT2D eigenvalue weighted by molar-refractivity contribution is 9.18. The molecule has 3 heteroatoms. The fourth-order valence-corrected chi connectivity index (χ4v) is 1.27. The molecule has 0 atom stereocenters. The zero-order valence-electron chi connectivity index (χ0n) is 6.71. The maximum atomic E-state index is 10.7. The Morgan fingerprint density at radius 2 is 2.33 bits per heavy atom. The van der Waals surface area contributed by atoms with Gasteiger partial charge in [0.1, 0.15) is 5.75 Å². The minimum atomic E-state index is -0.0178. The van der Waals surface area contributed by atoms with E-state index in [1.54, 1.807) is 7.11 Å². The van der Waals surface area contributed by atoms with Gasteiger partial charge >= 0.3 is 0 Å². The standard InChI is InChI=1S/C9H9BrO2/c1-12-8-4-2-3-7(5-8)6-9(10)11/h2-5H,6H2,1H3. The van der Waals surface area contributed by atoms with Gasteiger partial charge in [0.25, 0.3) is 0 Å². The molecule has 0 spiro atoms. The van der Waals surface area contributed by atoms with E-state index in [1.807, 2.05) is 24.3 Å². The third-order valence-corrected chi connectivity index (χ3v) is 1.76. The highest BCUT2D eigenvalue weighted by Crippen LogP contribution is 2.13. The smallest absolute Gasteiger partial charge is 0.202 e. The number of carbonyl (C=O) groups excluding carboxylic acids is 1. The van der Waals surface area contributed by atoms with Crippen molar-refractivity contribution in [2.75, 3.05) is 7.11 Å². The molecule has 1 rings (SSSR count). The quantitative estimate of drug-likeness (QED) is 0.742. The van der Waals surface area contributed by atoms with Gasteiger partial charge in [-0.25, -0.2) is 0 Å². The van der Waals surface area contributed by atoms with Crippen molar-refractivity contribution in [3.05, 3.63) is 29.8 Å². The molecule has 0 aliphatic rings. The van der Waals surface area contributed by atoms with Gasteiger partial charge in [0.2, 0.25) is 4.69 Å². The van der Waals surface area contributed by atoms with Crippen molar-refractivity contribution in [1.82, 2.24) is 0 Å². The maximum absolute atomic E-state index is 10.7. The number of hydrogen-bond donors (Lipinski definition) is 0. The number of halogens is 1. The van der Waals surface area contributed by atoms with Gasteiger partial charge in [0.05, 0.1) is 7.11 Å². The Hall–Kier alpha value is -0.830. The summed E-state index contributed by atoms with van der Waals surface area (Å²) in [6, 6.07) is 7.45. The SMILES string of the molecule is COc1cccc(CC(=O)Br)c1. The number of hydrogen-bond acceptors (Lipinski definition) is 2. The van der Waals surface area contributed by atoms with E-state index in [4.69, 9.17) is 4.74 Å². The van der Waals surface area contributed by atoms with Crippen LogP contribution in [0.3, 0.4) is 0 Å². The summed E-state index contributed by atoms with van der Waals surface area (Å²) in [5.41, 5.74) is 0.955. The highest BCUT2D eigenvalue weighted by Gasteiger charge is 1.99. The summed E-state index contributed by atoms with van der Waals surface area (Å²) in [7, 11) is 1.61. The third-order valence-electron chi connectivity index (χ3n) is 1.48. The van der Waals surface area contributed by atoms with Crippen LogP contribution in [0.15, 0.2) is 24.3 Å². The van der Waals surface area contributed by atoms with Crippen LogP contribution in [-0.2, 0) is 11.2 Å². The summed E-state index contributed by atoms with van der Waals surface area (Å²) < 4.78 is 4.99. The largest absolute Gasteiger partial charge is 0.497 e. The van der Waals surface area contributed by atoms with E-state index in [2.05, 4.69) is 15.9 Å². The molecule has 1 aromatic rings. The first kappa shape index (κ1) is 9.26. The Morgan fingerprint density at radius 1 is 1.58 bits per heavy atom. The van der Waals surface area contributed by atoms with Crippen LogP contribution < -0.4 is 4.74 Å². The van der Waals surface area contributed by atoms with Gasteiger partial charge < -0.3 is 4.74 Å². The molecule has 0 aliphatic carbocycles. The predicted octanol–water partition coefficient (Wildman–Crippen LogP) is 2.16. The summed E-state index contributed by atoms with van der Waals surface area (Å²) in [6.07, 6.45) is 0.400. The summed E-state index contributed by atoms with van der Waals surface area (Å²) >= 11 is 2.88. The van der Waals surface area contributed by atoms with Gasteiger partial charge in [0, 0.05) is 6.42 Å². The molecule has 0 bridgehead atoms. The predicted molar refractivity (Wildman–Crippen MR) is 50.6 cm³/mol. The number of benzene rings is 1. The Bertz CT molecular complexity index is 284. The van der Waals surface area contributed by atoms with Crippen molar-refractivity contribution in [3.8, 4) is 5.75 Å². The molecule has 0 N–H and O–H groups in total. The molecule has 2 nitrogen and oxygen atoms in total. The summed E-state index contributed by atoms with van der Waals surface area (Å²) in [5, 5.41) is 0. The molecule has 0 heterocycles. The second-order valence-electron chi connectivity index (χ2n) is 2.38. The lowest BCUT2D eigenvalue weighted by atomic mass is 10.2. The average molecular weight is 229 g/mol. The molecule has 0 fully saturated rings. The molecule has 0 radical (unpaired) electrons. The van der Waals surface area contributed by atoms with Gasteiger partial charge in [0.15, 0.2) is 0 Å². The van der Waals surface area contributed by atoms with E-state index in [1.165, 1.54) is 0 Å². The van der Waals surface area contributed by atoms with Gasteiger partial charge in [-0.3, -0.25) is 4.79 Å². The fraction of sp³-hybridized carbons (Fsp3) is 0.222. The molecule has 0 unspecified atom stereocenters. The molecule has 0 saturated heterocycles. The van der Waals surface area contributed by atoms with Crippen LogP contribution in [0.25, 0.3) is 0 Å². The van der Waals surface area contributed by atoms with Gasteiger partial charge in [-0.15, -0.1) is 0 Å².